The van der Waals surface area contributed by atoms with Crippen LogP contribution in [0.4, 0.5) is 14.5 Å². The van der Waals surface area contributed by atoms with Gasteiger partial charge in [0.25, 0.3) is 5.91 Å². The quantitative estimate of drug-likeness (QED) is 0.754. The lowest BCUT2D eigenvalue weighted by atomic mass is 10.0. The van der Waals surface area contributed by atoms with Gasteiger partial charge < -0.3 is 4.90 Å². The molecule has 1 aromatic heterocycles. The summed E-state index contributed by atoms with van der Waals surface area (Å²) in [6, 6.07) is 6.13. The summed E-state index contributed by atoms with van der Waals surface area (Å²) in [5.74, 6) is -1.13. The lowest BCUT2D eigenvalue weighted by Crippen LogP contribution is -2.36. The molecule has 3 rings (SSSR count). The Morgan fingerprint density at radius 2 is 2.00 bits per heavy atom. The van der Waals surface area contributed by atoms with Gasteiger partial charge in [0.2, 0.25) is 0 Å². The smallest absolute Gasteiger partial charge is 0.251 e. The van der Waals surface area contributed by atoms with E-state index >= 15 is 0 Å². The van der Waals surface area contributed by atoms with Crippen molar-refractivity contribution in [3.05, 3.63) is 59.4 Å². The zero-order chi connectivity index (χ0) is 18.0. The average molecular weight is 343 g/mol. The second-order valence-electron chi connectivity index (χ2n) is 6.29. The van der Waals surface area contributed by atoms with Gasteiger partial charge in [-0.2, -0.15) is 0 Å². The Morgan fingerprint density at radius 3 is 2.52 bits per heavy atom. The van der Waals surface area contributed by atoms with Gasteiger partial charge in [-0.25, -0.2) is 8.78 Å². The molecule has 1 aliphatic rings. The zero-order valence-electron chi connectivity index (χ0n) is 14.0. The van der Waals surface area contributed by atoms with Crippen LogP contribution in [-0.4, -0.2) is 30.7 Å². The molecule has 4 nitrogen and oxygen atoms in total. The first-order chi connectivity index (χ1) is 12.0. The Balaban J connectivity index is 1.72. The summed E-state index contributed by atoms with van der Waals surface area (Å²) in [6.07, 6.45) is 4.06. The SMILES string of the molecule is C=N[C@@H](Cc1cc(F)cc(F)c1)C(=O)N(C)c1ccc(C2CC2)nc1. The summed E-state index contributed by atoms with van der Waals surface area (Å²) in [6.45, 7) is 3.44. The number of pyridine rings is 1. The van der Waals surface area contributed by atoms with Crippen LogP contribution in [0.1, 0.15) is 30.0 Å². The second kappa shape index (κ2) is 7.09. The normalized spacial score (nSPS) is 14.8. The van der Waals surface area contributed by atoms with Gasteiger partial charge >= 0.3 is 0 Å². The van der Waals surface area contributed by atoms with Crippen molar-refractivity contribution in [1.82, 2.24) is 4.98 Å². The largest absolute Gasteiger partial charge is 0.312 e. The Labute approximate surface area is 145 Å². The Bertz CT molecular complexity index is 768. The predicted molar refractivity (Wildman–Crippen MR) is 93.0 cm³/mol. The number of aliphatic imine (C=N–C) groups is 1. The third-order valence-electron chi connectivity index (χ3n) is 4.34. The molecule has 0 N–H and O–H groups in total. The summed E-state index contributed by atoms with van der Waals surface area (Å²) < 4.78 is 26.7. The number of nitrogens with zero attached hydrogens (tertiary/aromatic N) is 3. The van der Waals surface area contributed by atoms with Crippen LogP contribution in [0.2, 0.25) is 0 Å². The number of aromatic nitrogens is 1. The monoisotopic (exact) mass is 343 g/mol. The fraction of sp³-hybridized carbons (Fsp3) is 0.316. The van der Waals surface area contributed by atoms with Crippen molar-refractivity contribution in [3.8, 4) is 0 Å². The molecule has 0 unspecified atom stereocenters. The van der Waals surface area contributed by atoms with Gasteiger partial charge in [0.15, 0.2) is 0 Å². The van der Waals surface area contributed by atoms with Gasteiger partial charge in [0, 0.05) is 31.1 Å². The van der Waals surface area contributed by atoms with E-state index < -0.39 is 17.7 Å². The van der Waals surface area contributed by atoms with Crippen LogP contribution in [0.15, 0.2) is 41.5 Å². The number of rotatable bonds is 6. The van der Waals surface area contributed by atoms with Crippen LogP contribution < -0.4 is 4.90 Å². The first-order valence-corrected chi connectivity index (χ1v) is 8.12. The van der Waals surface area contributed by atoms with Crippen LogP contribution in [0.5, 0.6) is 0 Å². The van der Waals surface area contributed by atoms with E-state index in [9.17, 15) is 13.6 Å². The Morgan fingerprint density at radius 1 is 1.32 bits per heavy atom. The van der Waals surface area contributed by atoms with Gasteiger partial charge in [-0.3, -0.25) is 14.8 Å². The number of carbonyl (C=O) groups is 1. The van der Waals surface area contributed by atoms with Crippen LogP contribution in [-0.2, 0) is 11.2 Å². The second-order valence-corrected chi connectivity index (χ2v) is 6.29. The highest BCUT2D eigenvalue weighted by atomic mass is 19.1. The van der Waals surface area contributed by atoms with E-state index in [0.29, 0.717) is 17.2 Å². The number of halogens is 2. The van der Waals surface area contributed by atoms with Crippen molar-refractivity contribution in [2.45, 2.75) is 31.2 Å². The minimum absolute atomic E-state index is 0.0783. The van der Waals surface area contributed by atoms with E-state index in [1.165, 1.54) is 17.0 Å². The fourth-order valence-corrected chi connectivity index (χ4v) is 2.75. The molecule has 1 heterocycles. The van der Waals surface area contributed by atoms with E-state index in [2.05, 4.69) is 16.7 Å². The molecule has 25 heavy (non-hydrogen) atoms. The van der Waals surface area contributed by atoms with E-state index in [4.69, 9.17) is 0 Å². The summed E-state index contributed by atoms with van der Waals surface area (Å²) in [7, 11) is 1.63. The van der Waals surface area contributed by atoms with Crippen molar-refractivity contribution in [2.24, 2.45) is 4.99 Å². The van der Waals surface area contributed by atoms with E-state index in [-0.39, 0.29) is 12.3 Å². The number of benzene rings is 1. The van der Waals surface area contributed by atoms with Crippen molar-refractivity contribution in [1.29, 1.82) is 0 Å². The van der Waals surface area contributed by atoms with Gasteiger partial charge in [-0.1, -0.05) is 0 Å². The van der Waals surface area contributed by atoms with Crippen LogP contribution >= 0.6 is 0 Å². The number of anilines is 1. The minimum Gasteiger partial charge on any atom is -0.312 e. The molecule has 0 bridgehead atoms. The first kappa shape index (κ1) is 17.2. The molecular formula is C19H19F2N3O. The molecule has 1 fully saturated rings. The van der Waals surface area contributed by atoms with Gasteiger partial charge in [-0.05, 0) is 49.4 Å². The zero-order valence-corrected chi connectivity index (χ0v) is 14.0. The van der Waals surface area contributed by atoms with Gasteiger partial charge in [-0.15, -0.1) is 0 Å². The molecule has 0 radical (unpaired) electrons. The topological polar surface area (TPSA) is 45.6 Å². The maximum absolute atomic E-state index is 13.3. The third-order valence-corrected chi connectivity index (χ3v) is 4.34. The van der Waals surface area contributed by atoms with Crippen molar-refractivity contribution in [2.75, 3.05) is 11.9 Å². The summed E-state index contributed by atoms with van der Waals surface area (Å²) >= 11 is 0. The first-order valence-electron chi connectivity index (χ1n) is 8.12. The molecular weight excluding hydrogens is 324 g/mol. The number of hydrogen-bond donors (Lipinski definition) is 0. The molecule has 1 aliphatic carbocycles. The van der Waals surface area contributed by atoms with Crippen molar-refractivity contribution >= 4 is 18.3 Å². The Hall–Kier alpha value is -2.63. The van der Waals surface area contributed by atoms with Crippen molar-refractivity contribution < 1.29 is 13.6 Å². The molecule has 130 valence electrons. The summed E-state index contributed by atoms with van der Waals surface area (Å²) in [5.41, 5.74) is 2.05. The van der Waals surface area contributed by atoms with E-state index in [0.717, 1.165) is 24.6 Å². The summed E-state index contributed by atoms with van der Waals surface area (Å²) in [4.78, 5) is 22.3. The van der Waals surface area contributed by atoms with Gasteiger partial charge in [0.1, 0.15) is 17.7 Å². The maximum Gasteiger partial charge on any atom is 0.251 e. The molecule has 1 aromatic carbocycles. The molecule has 1 saturated carbocycles. The highest BCUT2D eigenvalue weighted by Crippen LogP contribution is 2.39. The lowest BCUT2D eigenvalue weighted by Gasteiger charge is -2.21. The fourth-order valence-electron chi connectivity index (χ4n) is 2.75. The molecule has 0 aliphatic heterocycles. The van der Waals surface area contributed by atoms with E-state index in [1.54, 1.807) is 13.2 Å². The number of hydrogen-bond acceptors (Lipinski definition) is 3. The predicted octanol–water partition coefficient (Wildman–Crippen LogP) is 3.51. The van der Waals surface area contributed by atoms with Crippen LogP contribution in [0.3, 0.4) is 0 Å². The molecule has 2 aromatic rings. The lowest BCUT2D eigenvalue weighted by molar-refractivity contribution is -0.119. The highest BCUT2D eigenvalue weighted by Gasteiger charge is 2.26. The molecule has 1 amide bonds. The van der Waals surface area contributed by atoms with Crippen LogP contribution in [0.25, 0.3) is 0 Å². The minimum atomic E-state index is -0.825. The standard InChI is InChI=1S/C19H19F2N3O/c1-22-18(9-12-7-14(20)10-15(21)8-12)19(25)24(2)16-5-6-17(23-11-16)13-3-4-13/h5-8,10-11,13,18H,1,3-4,9H2,2H3/t18-/m0/s1. The number of carbonyl (C=O) groups excluding carboxylic acids is 1. The maximum atomic E-state index is 13.3. The van der Waals surface area contributed by atoms with Crippen LogP contribution in [0, 0.1) is 11.6 Å². The average Bonchev–Trinajstić information content (AvgIpc) is 3.43. The number of amides is 1. The summed E-state index contributed by atoms with van der Waals surface area (Å²) in [5, 5.41) is 0. The highest BCUT2D eigenvalue weighted by molar-refractivity contribution is 5.97. The molecule has 0 spiro atoms. The van der Waals surface area contributed by atoms with Gasteiger partial charge in [0.05, 0.1) is 11.9 Å². The molecule has 1 atom stereocenters. The molecule has 0 saturated heterocycles. The number of likely N-dealkylation sites (N-methyl/N-ethyl adjacent to an activating group) is 1. The van der Waals surface area contributed by atoms with Crippen molar-refractivity contribution in [3.63, 3.8) is 0 Å². The van der Waals surface area contributed by atoms with E-state index in [1.807, 2.05) is 12.1 Å². The Kier molecular flexibility index (Phi) is 4.88. The molecule has 6 heteroatoms. The third kappa shape index (κ3) is 4.07.